The van der Waals surface area contributed by atoms with Crippen molar-refractivity contribution in [2.75, 3.05) is 11.5 Å². The van der Waals surface area contributed by atoms with Crippen molar-refractivity contribution in [3.63, 3.8) is 0 Å². The number of nitrogen functional groups attached to an aromatic ring is 1. The van der Waals surface area contributed by atoms with E-state index in [1.165, 1.54) is 11.8 Å². The Morgan fingerprint density at radius 2 is 1.68 bits per heavy atom. The molecule has 5 nitrogen and oxygen atoms in total. The molecular weight excluding hydrogens is 470 g/mol. The molecule has 2 saturated carbocycles. The summed E-state index contributed by atoms with van der Waals surface area (Å²) in [5.41, 5.74) is 7.72. The van der Waals surface area contributed by atoms with Gasteiger partial charge in [0, 0.05) is 27.0 Å². The highest BCUT2D eigenvalue weighted by Gasteiger charge is 2.38. The van der Waals surface area contributed by atoms with Crippen molar-refractivity contribution in [1.29, 1.82) is 0 Å². The molecule has 2 N–H and O–H groups in total. The van der Waals surface area contributed by atoms with Crippen LogP contribution in [0.1, 0.15) is 87.6 Å². The molecule has 0 saturated heterocycles. The van der Waals surface area contributed by atoms with E-state index in [1.54, 1.807) is 30.3 Å². The molecule has 4 atom stereocenters. The van der Waals surface area contributed by atoms with Crippen LogP contribution in [-0.4, -0.2) is 34.8 Å². The number of alkyl halides is 1. The van der Waals surface area contributed by atoms with E-state index in [1.807, 2.05) is 6.92 Å². The van der Waals surface area contributed by atoms with E-state index in [-0.39, 0.29) is 39.9 Å². The number of halogens is 1. The van der Waals surface area contributed by atoms with E-state index >= 15 is 0 Å². The molecule has 7 heteroatoms. The number of fused-ring (bicyclic) bond motifs is 3. The Morgan fingerprint density at radius 3 is 2.38 bits per heavy atom. The number of carbonyl (C=O) groups excluding carboxylic acids is 3. The Hall–Kier alpha value is -2.31. The molecule has 178 valence electrons. The SMILES string of the molecule is CCSc1cc(C(=O)OC2CCC3CC(Cl)CCC3C2)c(N)c2c1C(=O)c1ccccc1C2=O. The van der Waals surface area contributed by atoms with E-state index in [4.69, 9.17) is 22.1 Å². The van der Waals surface area contributed by atoms with Crippen LogP contribution in [-0.2, 0) is 4.74 Å². The quantitative estimate of drug-likeness (QED) is 0.209. The van der Waals surface area contributed by atoms with Gasteiger partial charge in [-0.15, -0.1) is 23.4 Å². The molecule has 5 rings (SSSR count). The Morgan fingerprint density at radius 1 is 1.03 bits per heavy atom. The molecule has 2 fully saturated rings. The van der Waals surface area contributed by atoms with Crippen LogP contribution in [0.4, 0.5) is 5.69 Å². The average Bonchev–Trinajstić information content (AvgIpc) is 2.83. The minimum atomic E-state index is -0.521. The molecule has 0 bridgehead atoms. The highest BCUT2D eigenvalue weighted by atomic mass is 35.5. The van der Waals surface area contributed by atoms with Gasteiger partial charge in [-0.1, -0.05) is 31.2 Å². The van der Waals surface area contributed by atoms with Gasteiger partial charge in [0.1, 0.15) is 6.10 Å². The summed E-state index contributed by atoms with van der Waals surface area (Å²) in [5, 5.41) is 0.260. The summed E-state index contributed by atoms with van der Waals surface area (Å²) in [6, 6.07) is 8.38. The van der Waals surface area contributed by atoms with Gasteiger partial charge in [-0.3, -0.25) is 9.59 Å². The molecule has 0 spiro atoms. The van der Waals surface area contributed by atoms with Crippen molar-refractivity contribution in [2.24, 2.45) is 11.8 Å². The van der Waals surface area contributed by atoms with Crippen molar-refractivity contribution in [3.05, 3.63) is 58.1 Å². The minimum Gasteiger partial charge on any atom is -0.459 e. The monoisotopic (exact) mass is 497 g/mol. The van der Waals surface area contributed by atoms with Crippen LogP contribution in [0.3, 0.4) is 0 Å². The number of anilines is 1. The average molecular weight is 498 g/mol. The second-order valence-corrected chi connectivity index (χ2v) is 11.4. The third-order valence-corrected chi connectivity index (χ3v) is 8.81. The Kier molecular flexibility index (Phi) is 6.47. The van der Waals surface area contributed by atoms with E-state index < -0.39 is 5.97 Å². The van der Waals surface area contributed by atoms with Crippen molar-refractivity contribution >= 4 is 46.6 Å². The zero-order valence-corrected chi connectivity index (χ0v) is 20.7. The van der Waals surface area contributed by atoms with Crippen molar-refractivity contribution in [3.8, 4) is 0 Å². The largest absolute Gasteiger partial charge is 0.459 e. The number of nitrogens with two attached hydrogens (primary N) is 1. The molecule has 2 aromatic rings. The maximum absolute atomic E-state index is 13.4. The normalized spacial score (nSPS) is 25.8. The van der Waals surface area contributed by atoms with Crippen LogP contribution in [0.25, 0.3) is 0 Å². The Bertz CT molecular complexity index is 1180. The van der Waals surface area contributed by atoms with E-state index in [9.17, 15) is 14.4 Å². The smallest absolute Gasteiger partial charge is 0.340 e. The molecule has 3 aliphatic rings. The molecular formula is C27H28ClNO4S. The van der Waals surface area contributed by atoms with Crippen LogP contribution in [0.5, 0.6) is 0 Å². The number of benzene rings is 2. The van der Waals surface area contributed by atoms with Crippen molar-refractivity contribution in [1.82, 2.24) is 0 Å². The predicted molar refractivity (Wildman–Crippen MR) is 134 cm³/mol. The number of ketones is 2. The fourth-order valence-electron chi connectivity index (χ4n) is 5.83. The van der Waals surface area contributed by atoms with Gasteiger partial charge in [-0.25, -0.2) is 4.79 Å². The summed E-state index contributed by atoms with van der Waals surface area (Å²) in [4.78, 5) is 40.6. The second kappa shape index (κ2) is 9.38. The number of esters is 1. The number of hydrogen-bond acceptors (Lipinski definition) is 6. The van der Waals surface area contributed by atoms with Crippen molar-refractivity contribution < 1.29 is 19.1 Å². The number of thioether (sulfide) groups is 1. The lowest BCUT2D eigenvalue weighted by atomic mass is 9.70. The minimum absolute atomic E-state index is 0.0321. The third kappa shape index (κ3) is 4.05. The molecule has 3 aliphatic carbocycles. The second-order valence-electron chi connectivity index (χ2n) is 9.49. The van der Waals surface area contributed by atoms with E-state index in [0.29, 0.717) is 39.2 Å². The van der Waals surface area contributed by atoms with Gasteiger partial charge in [-0.2, -0.15) is 0 Å². The standard InChI is InChI=1S/C27H28ClNO4S/c1-2-34-21-13-20(27(32)33-17-10-8-14-11-16(28)9-7-15(14)12-17)24(29)23-22(21)25(30)18-5-3-4-6-19(18)26(23)31/h3-6,13-17H,2,7-12,29H2,1H3. The first-order chi connectivity index (χ1) is 16.4. The van der Waals surface area contributed by atoms with Gasteiger partial charge in [0.2, 0.25) is 0 Å². The molecule has 34 heavy (non-hydrogen) atoms. The third-order valence-electron chi connectivity index (χ3n) is 7.50. The zero-order chi connectivity index (χ0) is 24.0. The maximum atomic E-state index is 13.4. The zero-order valence-electron chi connectivity index (χ0n) is 19.1. The summed E-state index contributed by atoms with van der Waals surface area (Å²) in [6.07, 6.45) is 5.61. The summed E-state index contributed by atoms with van der Waals surface area (Å²) in [6.45, 7) is 1.96. The van der Waals surface area contributed by atoms with Gasteiger partial charge < -0.3 is 10.5 Å². The maximum Gasteiger partial charge on any atom is 0.340 e. The van der Waals surface area contributed by atoms with Crippen LogP contribution < -0.4 is 5.73 Å². The van der Waals surface area contributed by atoms with Gasteiger partial charge in [0.15, 0.2) is 11.6 Å². The number of carbonyl (C=O) groups is 3. The Labute approximate surface area is 208 Å². The lowest BCUT2D eigenvalue weighted by Gasteiger charge is -2.40. The van der Waals surface area contributed by atoms with Crippen LogP contribution in [0, 0.1) is 11.8 Å². The number of ether oxygens (including phenoxy) is 1. The summed E-state index contributed by atoms with van der Waals surface area (Å²) in [7, 11) is 0. The number of rotatable bonds is 4. The van der Waals surface area contributed by atoms with Crippen LogP contribution in [0.2, 0.25) is 0 Å². The molecule has 2 aromatic carbocycles. The summed E-state index contributed by atoms with van der Waals surface area (Å²) >= 11 is 7.78. The lowest BCUT2D eigenvalue weighted by Crippen LogP contribution is -2.35. The van der Waals surface area contributed by atoms with Crippen LogP contribution >= 0.6 is 23.4 Å². The Balaban J connectivity index is 1.46. The molecule has 4 unspecified atom stereocenters. The molecule has 0 heterocycles. The molecule has 0 amide bonds. The molecule has 0 aromatic heterocycles. The number of hydrogen-bond donors (Lipinski definition) is 1. The first-order valence-corrected chi connectivity index (χ1v) is 13.4. The fraction of sp³-hybridized carbons (Fsp3) is 0.444. The summed E-state index contributed by atoms with van der Waals surface area (Å²) < 4.78 is 5.93. The van der Waals surface area contributed by atoms with Gasteiger partial charge in [0.05, 0.1) is 16.8 Å². The van der Waals surface area contributed by atoms with Crippen LogP contribution in [0.15, 0.2) is 35.2 Å². The van der Waals surface area contributed by atoms with Gasteiger partial charge >= 0.3 is 5.97 Å². The van der Waals surface area contributed by atoms with Gasteiger partial charge in [-0.05, 0) is 62.2 Å². The highest BCUT2D eigenvalue weighted by Crippen LogP contribution is 2.44. The van der Waals surface area contributed by atoms with Gasteiger partial charge in [0.25, 0.3) is 0 Å². The summed E-state index contributed by atoms with van der Waals surface area (Å²) in [5.74, 6) is 0.739. The lowest BCUT2D eigenvalue weighted by molar-refractivity contribution is -0.000579. The molecule has 0 aliphatic heterocycles. The molecule has 0 radical (unpaired) electrons. The highest BCUT2D eigenvalue weighted by molar-refractivity contribution is 7.99. The first kappa shape index (κ1) is 23.4. The predicted octanol–water partition coefficient (Wildman–Crippen LogP) is 5.89. The first-order valence-electron chi connectivity index (χ1n) is 12.0. The van der Waals surface area contributed by atoms with E-state index in [0.717, 1.165) is 38.5 Å². The van der Waals surface area contributed by atoms with Crippen molar-refractivity contribution in [2.45, 2.75) is 61.8 Å². The fourth-order valence-corrected chi connectivity index (χ4v) is 7.04. The van der Waals surface area contributed by atoms with E-state index in [2.05, 4.69) is 0 Å². The topological polar surface area (TPSA) is 86.5 Å².